The fourth-order valence-electron chi connectivity index (χ4n) is 2.49. The highest BCUT2D eigenvalue weighted by Gasteiger charge is 2.25. The van der Waals surface area contributed by atoms with Crippen molar-refractivity contribution < 1.29 is 12.9 Å². The largest absolute Gasteiger partial charge is 0.338 e. The van der Waals surface area contributed by atoms with Crippen molar-refractivity contribution in [1.29, 1.82) is 0 Å². The zero-order valence-electron chi connectivity index (χ0n) is 14.6. The van der Waals surface area contributed by atoms with E-state index in [2.05, 4.69) is 26.1 Å². The SMILES string of the molecule is Cc1ccc(C)c(S(=O)(=O)N(C)Cc2nc(-c3cccc(Br)c3)no2)c1. The van der Waals surface area contributed by atoms with Crippen molar-refractivity contribution in [2.24, 2.45) is 0 Å². The van der Waals surface area contributed by atoms with Gasteiger partial charge >= 0.3 is 0 Å². The first-order chi connectivity index (χ1) is 12.3. The monoisotopic (exact) mass is 435 g/mol. The predicted molar refractivity (Wildman–Crippen MR) is 102 cm³/mol. The van der Waals surface area contributed by atoms with E-state index in [1.165, 1.54) is 11.4 Å². The van der Waals surface area contributed by atoms with Gasteiger partial charge < -0.3 is 4.52 Å². The number of halogens is 1. The third-order valence-electron chi connectivity index (χ3n) is 3.94. The van der Waals surface area contributed by atoms with Crippen LogP contribution in [-0.2, 0) is 16.6 Å². The first-order valence-corrected chi connectivity index (χ1v) is 10.1. The Morgan fingerprint density at radius 3 is 2.65 bits per heavy atom. The lowest BCUT2D eigenvalue weighted by molar-refractivity contribution is 0.336. The molecule has 0 unspecified atom stereocenters. The number of sulfonamides is 1. The summed E-state index contributed by atoms with van der Waals surface area (Å²) in [4.78, 5) is 4.59. The number of hydrogen-bond donors (Lipinski definition) is 0. The molecule has 0 saturated heterocycles. The van der Waals surface area contributed by atoms with Crippen LogP contribution in [0.3, 0.4) is 0 Å². The highest BCUT2D eigenvalue weighted by atomic mass is 79.9. The van der Waals surface area contributed by atoms with E-state index in [4.69, 9.17) is 4.52 Å². The number of aromatic nitrogens is 2. The van der Waals surface area contributed by atoms with E-state index < -0.39 is 10.0 Å². The van der Waals surface area contributed by atoms with Crippen LogP contribution >= 0.6 is 15.9 Å². The Morgan fingerprint density at radius 2 is 1.92 bits per heavy atom. The van der Waals surface area contributed by atoms with Crippen LogP contribution in [0.15, 0.2) is 56.4 Å². The van der Waals surface area contributed by atoms with Gasteiger partial charge in [-0.3, -0.25) is 0 Å². The van der Waals surface area contributed by atoms with Crippen LogP contribution in [0, 0.1) is 13.8 Å². The molecule has 0 saturated carbocycles. The molecule has 1 aromatic heterocycles. The molecular formula is C18H18BrN3O3S. The maximum Gasteiger partial charge on any atom is 0.243 e. The summed E-state index contributed by atoms with van der Waals surface area (Å²) >= 11 is 3.40. The van der Waals surface area contributed by atoms with Gasteiger partial charge in [0.1, 0.15) is 0 Å². The van der Waals surface area contributed by atoms with Crippen LogP contribution in [0.5, 0.6) is 0 Å². The number of aryl methyl sites for hydroxylation is 2. The first-order valence-electron chi connectivity index (χ1n) is 7.89. The van der Waals surface area contributed by atoms with Crippen molar-refractivity contribution in [1.82, 2.24) is 14.4 Å². The third-order valence-corrected chi connectivity index (χ3v) is 6.38. The second-order valence-corrected chi connectivity index (χ2v) is 8.98. The lowest BCUT2D eigenvalue weighted by Crippen LogP contribution is -2.27. The molecule has 3 aromatic rings. The standard InChI is InChI=1S/C18H18BrN3O3S/c1-12-7-8-13(2)16(9-12)26(23,24)22(3)11-17-20-18(21-25-17)14-5-4-6-15(19)10-14/h4-10H,11H2,1-3H3. The van der Waals surface area contributed by atoms with E-state index in [0.29, 0.717) is 11.4 Å². The maximum atomic E-state index is 12.9. The van der Waals surface area contributed by atoms with Crippen molar-refractivity contribution in [2.75, 3.05) is 7.05 Å². The van der Waals surface area contributed by atoms with E-state index >= 15 is 0 Å². The van der Waals surface area contributed by atoms with E-state index in [9.17, 15) is 8.42 Å². The Bertz CT molecular complexity index is 1050. The normalized spacial score (nSPS) is 11.9. The van der Waals surface area contributed by atoms with Gasteiger partial charge in [-0.15, -0.1) is 0 Å². The fourth-order valence-corrected chi connectivity index (χ4v) is 4.32. The van der Waals surface area contributed by atoms with Crippen LogP contribution in [0.2, 0.25) is 0 Å². The van der Waals surface area contributed by atoms with Gasteiger partial charge in [0.15, 0.2) is 0 Å². The molecule has 0 aliphatic rings. The summed E-state index contributed by atoms with van der Waals surface area (Å²) in [6, 6.07) is 12.8. The topological polar surface area (TPSA) is 76.3 Å². The summed E-state index contributed by atoms with van der Waals surface area (Å²) in [7, 11) is -2.15. The van der Waals surface area contributed by atoms with Crippen LogP contribution < -0.4 is 0 Å². The lowest BCUT2D eigenvalue weighted by Gasteiger charge is -2.17. The van der Waals surface area contributed by atoms with E-state index in [0.717, 1.165) is 15.6 Å². The van der Waals surface area contributed by atoms with Gasteiger partial charge in [0.05, 0.1) is 11.4 Å². The zero-order chi connectivity index (χ0) is 18.9. The number of nitrogens with zero attached hydrogens (tertiary/aromatic N) is 3. The Labute approximate surface area is 161 Å². The molecular weight excluding hydrogens is 418 g/mol. The van der Waals surface area contributed by atoms with Crippen molar-refractivity contribution in [2.45, 2.75) is 25.3 Å². The first kappa shape index (κ1) is 18.8. The van der Waals surface area contributed by atoms with Gasteiger partial charge in [-0.05, 0) is 43.2 Å². The maximum absolute atomic E-state index is 12.9. The summed E-state index contributed by atoms with van der Waals surface area (Å²) in [6.45, 7) is 3.63. The van der Waals surface area contributed by atoms with Crippen molar-refractivity contribution in [3.63, 3.8) is 0 Å². The molecule has 0 spiro atoms. The molecule has 0 bridgehead atoms. The minimum atomic E-state index is -3.65. The molecule has 3 rings (SSSR count). The fraction of sp³-hybridized carbons (Fsp3) is 0.222. The molecule has 0 N–H and O–H groups in total. The molecule has 0 amide bonds. The van der Waals surface area contributed by atoms with Gasteiger partial charge in [-0.25, -0.2) is 8.42 Å². The predicted octanol–water partition coefficient (Wildman–Crippen LogP) is 3.94. The van der Waals surface area contributed by atoms with Gasteiger partial charge in [-0.1, -0.05) is 45.4 Å². The van der Waals surface area contributed by atoms with Crippen LogP contribution in [-0.4, -0.2) is 29.9 Å². The van der Waals surface area contributed by atoms with Gasteiger partial charge in [-0.2, -0.15) is 9.29 Å². The van der Waals surface area contributed by atoms with Crippen molar-refractivity contribution >= 4 is 26.0 Å². The lowest BCUT2D eigenvalue weighted by atomic mass is 10.2. The quantitative estimate of drug-likeness (QED) is 0.606. The second kappa shape index (κ2) is 7.30. The minimum absolute atomic E-state index is 0.00326. The molecule has 136 valence electrons. The Hall–Kier alpha value is -2.03. The summed E-state index contributed by atoms with van der Waals surface area (Å²) in [5.74, 6) is 0.648. The van der Waals surface area contributed by atoms with Crippen LogP contribution in [0.1, 0.15) is 17.0 Å². The summed E-state index contributed by atoms with van der Waals surface area (Å²) in [5.41, 5.74) is 2.37. The average Bonchev–Trinajstić information content (AvgIpc) is 3.05. The Kier molecular flexibility index (Phi) is 5.27. The van der Waals surface area contributed by atoms with E-state index in [-0.39, 0.29) is 17.3 Å². The minimum Gasteiger partial charge on any atom is -0.338 e. The van der Waals surface area contributed by atoms with Crippen molar-refractivity contribution in [3.05, 3.63) is 64.0 Å². The molecule has 26 heavy (non-hydrogen) atoms. The number of rotatable bonds is 5. The van der Waals surface area contributed by atoms with E-state index in [1.54, 1.807) is 19.1 Å². The number of benzene rings is 2. The van der Waals surface area contributed by atoms with Crippen LogP contribution in [0.4, 0.5) is 0 Å². The van der Waals surface area contributed by atoms with Gasteiger partial charge in [0, 0.05) is 17.1 Å². The number of hydrogen-bond acceptors (Lipinski definition) is 5. The summed E-state index contributed by atoms with van der Waals surface area (Å²) < 4.78 is 33.1. The third kappa shape index (κ3) is 3.87. The van der Waals surface area contributed by atoms with Gasteiger partial charge in [0.25, 0.3) is 0 Å². The molecule has 8 heteroatoms. The second-order valence-electron chi connectivity index (χ2n) is 6.05. The molecule has 6 nitrogen and oxygen atoms in total. The molecule has 0 atom stereocenters. The molecule has 0 radical (unpaired) electrons. The molecule has 0 fully saturated rings. The smallest absolute Gasteiger partial charge is 0.243 e. The molecule has 1 heterocycles. The average molecular weight is 436 g/mol. The Balaban J connectivity index is 1.84. The zero-order valence-corrected chi connectivity index (χ0v) is 17.0. The highest BCUT2D eigenvalue weighted by Crippen LogP contribution is 2.23. The molecule has 0 aliphatic heterocycles. The molecule has 2 aromatic carbocycles. The van der Waals surface area contributed by atoms with Crippen molar-refractivity contribution in [3.8, 4) is 11.4 Å². The summed E-state index contributed by atoms with van der Waals surface area (Å²) in [5, 5.41) is 3.94. The van der Waals surface area contributed by atoms with Gasteiger partial charge in [0.2, 0.25) is 21.7 Å². The highest BCUT2D eigenvalue weighted by molar-refractivity contribution is 9.10. The summed E-state index contributed by atoms with van der Waals surface area (Å²) in [6.07, 6.45) is 0. The van der Waals surface area contributed by atoms with E-state index in [1.807, 2.05) is 37.3 Å². The van der Waals surface area contributed by atoms with Crippen LogP contribution in [0.25, 0.3) is 11.4 Å². The Morgan fingerprint density at radius 1 is 1.15 bits per heavy atom. The molecule has 0 aliphatic carbocycles.